The van der Waals surface area contributed by atoms with E-state index in [0.29, 0.717) is 12.8 Å². The molecule has 0 aliphatic heterocycles. The molecule has 0 aromatic heterocycles. The average Bonchev–Trinajstić information content (AvgIpc) is 2.87. The summed E-state index contributed by atoms with van der Waals surface area (Å²) in [5.41, 5.74) is 4.46. The van der Waals surface area contributed by atoms with Crippen molar-refractivity contribution >= 4 is 32.3 Å². The Kier molecular flexibility index (Phi) is 7.27. The highest BCUT2D eigenvalue weighted by Crippen LogP contribution is 2.64. The minimum atomic E-state index is -1.03. The first kappa shape index (κ1) is 35.7. The van der Waals surface area contributed by atoms with Crippen molar-refractivity contribution < 1.29 is 10.2 Å². The molecule has 2 aliphatic carbocycles. The fourth-order valence-corrected chi connectivity index (χ4v) is 9.71. The van der Waals surface area contributed by atoms with Gasteiger partial charge >= 0.3 is 0 Å². The highest BCUT2D eigenvalue weighted by molar-refractivity contribution is 6.28. The number of aliphatic hydroxyl groups is 2. The molecule has 262 valence electrons. The molecule has 0 amide bonds. The molecule has 2 nitrogen and oxygen atoms in total. The lowest BCUT2D eigenvalue weighted by molar-refractivity contribution is -0.0855. The second-order valence-electron chi connectivity index (χ2n) is 22.4. The van der Waals surface area contributed by atoms with Crippen LogP contribution >= 0.6 is 0 Å². The van der Waals surface area contributed by atoms with Crippen LogP contribution in [0.2, 0.25) is 0 Å². The summed E-state index contributed by atoms with van der Waals surface area (Å²) in [5, 5.41) is 34.2. The van der Waals surface area contributed by atoms with Gasteiger partial charge in [-0.2, -0.15) is 0 Å². The van der Waals surface area contributed by atoms with Gasteiger partial charge in [0.25, 0.3) is 0 Å². The van der Waals surface area contributed by atoms with Crippen molar-refractivity contribution in [1.82, 2.24) is 0 Å². The van der Waals surface area contributed by atoms with E-state index < -0.39 is 11.2 Å². The van der Waals surface area contributed by atoms with Crippen LogP contribution in [0.3, 0.4) is 0 Å². The predicted molar refractivity (Wildman–Crippen MR) is 208 cm³/mol. The number of benzene rings is 4. The molecule has 2 aliphatic rings. The summed E-state index contributed by atoms with van der Waals surface area (Å²) in [6, 6.07) is 9.84. The molecule has 4 atom stereocenters. The van der Waals surface area contributed by atoms with E-state index in [0.717, 1.165) is 11.1 Å². The van der Waals surface area contributed by atoms with Gasteiger partial charge in [0, 0.05) is 0 Å². The lowest BCUT2D eigenvalue weighted by atomic mass is 9.54. The molecule has 0 radical (unpaired) electrons. The maximum absolute atomic E-state index is 13.3. The summed E-state index contributed by atoms with van der Waals surface area (Å²) in [5.74, 6) is 0.346. The lowest BCUT2D eigenvalue weighted by Gasteiger charge is -2.53. The van der Waals surface area contributed by atoms with Crippen LogP contribution in [0.4, 0.5) is 0 Å². The Labute approximate surface area is 292 Å². The molecule has 4 aromatic carbocycles. The van der Waals surface area contributed by atoms with E-state index in [4.69, 9.17) is 0 Å². The van der Waals surface area contributed by atoms with E-state index in [9.17, 15) is 10.2 Å². The van der Waals surface area contributed by atoms with Crippen molar-refractivity contribution in [3.8, 4) is 0 Å². The van der Waals surface area contributed by atoms with Gasteiger partial charge in [0.05, 0.1) is 11.2 Å². The normalized spacial score (nSPS) is 25.9. The average molecular weight is 651 g/mol. The van der Waals surface area contributed by atoms with E-state index in [1.807, 2.05) is 0 Å². The summed E-state index contributed by atoms with van der Waals surface area (Å²) in [6.45, 7) is 41.5. The van der Waals surface area contributed by atoms with Crippen LogP contribution in [0, 0.1) is 21.7 Å². The minimum absolute atomic E-state index is 0.0550. The first-order chi connectivity index (χ1) is 21.4. The van der Waals surface area contributed by atoms with Gasteiger partial charge in [-0.25, -0.2) is 0 Å². The van der Waals surface area contributed by atoms with Crippen LogP contribution in [0.1, 0.15) is 183 Å². The highest BCUT2D eigenvalue weighted by Gasteiger charge is 2.54. The van der Waals surface area contributed by atoms with Gasteiger partial charge in [-0.05, 0) is 135 Å². The molecule has 4 unspecified atom stereocenters. The Morgan fingerprint density at radius 3 is 1.06 bits per heavy atom. The van der Waals surface area contributed by atoms with Crippen LogP contribution in [0.5, 0.6) is 0 Å². The molecule has 6 rings (SSSR count). The van der Waals surface area contributed by atoms with E-state index in [2.05, 4.69) is 149 Å². The number of rotatable bonds is 0. The van der Waals surface area contributed by atoms with Crippen LogP contribution in [-0.4, -0.2) is 10.2 Å². The minimum Gasteiger partial charge on any atom is -0.385 e. The zero-order valence-corrected chi connectivity index (χ0v) is 33.8. The Hall–Kier alpha value is -2.16. The fourth-order valence-electron chi connectivity index (χ4n) is 9.71. The van der Waals surface area contributed by atoms with Gasteiger partial charge in [-0.3, -0.25) is 0 Å². The van der Waals surface area contributed by atoms with Gasteiger partial charge in [-0.1, -0.05) is 137 Å². The van der Waals surface area contributed by atoms with E-state index >= 15 is 0 Å². The summed E-state index contributed by atoms with van der Waals surface area (Å²) in [4.78, 5) is 0. The Morgan fingerprint density at radius 1 is 0.458 bits per heavy atom. The Morgan fingerprint density at radius 2 is 0.792 bits per heavy atom. The second kappa shape index (κ2) is 9.79. The van der Waals surface area contributed by atoms with Gasteiger partial charge in [-0.15, -0.1) is 0 Å². The van der Waals surface area contributed by atoms with Gasteiger partial charge in [0.2, 0.25) is 0 Å². The molecule has 0 fully saturated rings. The summed E-state index contributed by atoms with van der Waals surface area (Å²) in [7, 11) is 0. The molecule has 2 heteroatoms. The maximum atomic E-state index is 13.3. The molecular weight excluding hydrogens is 585 g/mol. The topological polar surface area (TPSA) is 40.5 Å². The molecule has 48 heavy (non-hydrogen) atoms. The van der Waals surface area contributed by atoms with Crippen LogP contribution < -0.4 is 0 Å². The Balaban J connectivity index is 2.06. The monoisotopic (exact) mass is 651 g/mol. The Bertz CT molecular complexity index is 1810. The smallest absolute Gasteiger partial charge is 0.0956 e. The number of hydrogen-bond acceptors (Lipinski definition) is 2. The first-order valence-electron chi connectivity index (χ1n) is 18.7. The second-order valence-corrected chi connectivity index (χ2v) is 22.4. The van der Waals surface area contributed by atoms with Crippen LogP contribution in [-0.2, 0) is 22.0 Å². The molecule has 2 N–H and O–H groups in total. The summed E-state index contributed by atoms with van der Waals surface area (Å²) < 4.78 is 0. The standard InChI is InChI=1S/C46H66O2/c1-39(2,3)29-22-30(40(4,5)6)28-21-32-37-26(34(42(10,11)12)24-46(32,48)44(16,17)18)19-25-33(41(7,8)9)23-45(47,43(13,14)15)31-20-27(29)35(28)38(37)36(25)31/h19-22,33-34,47-48H,23-24H2,1-18H3. The lowest BCUT2D eigenvalue weighted by Crippen LogP contribution is -2.47. The van der Waals surface area contributed by atoms with Crippen molar-refractivity contribution in [2.75, 3.05) is 0 Å². The van der Waals surface area contributed by atoms with Crippen LogP contribution in [0.25, 0.3) is 32.3 Å². The van der Waals surface area contributed by atoms with Gasteiger partial charge in [0.1, 0.15) is 0 Å². The van der Waals surface area contributed by atoms with Crippen molar-refractivity contribution in [1.29, 1.82) is 0 Å². The van der Waals surface area contributed by atoms with Crippen molar-refractivity contribution in [2.24, 2.45) is 21.7 Å². The molecule has 0 saturated heterocycles. The van der Waals surface area contributed by atoms with Crippen LogP contribution in [0.15, 0.2) is 24.3 Å². The largest absolute Gasteiger partial charge is 0.385 e. The van der Waals surface area contributed by atoms with Gasteiger partial charge in [0.15, 0.2) is 0 Å². The van der Waals surface area contributed by atoms with E-state index in [-0.39, 0.29) is 44.3 Å². The third kappa shape index (κ3) is 4.77. The zero-order valence-electron chi connectivity index (χ0n) is 33.8. The van der Waals surface area contributed by atoms with E-state index in [1.165, 1.54) is 54.6 Å². The van der Waals surface area contributed by atoms with Crippen molar-refractivity contribution in [2.45, 2.75) is 171 Å². The molecule has 0 heterocycles. The SMILES string of the molecule is CC(C)(C)c1cc(C(C)(C)C)c2cc3c4c(cc5c6c(cc1c2c64)C(O)(C(C)(C)C)CC5C(C)(C)C)C(C(C)(C)C)CC3(O)C(C)(C)C. The fraction of sp³-hybridized carbons (Fsp3) is 0.652. The molecule has 0 bridgehead atoms. The molecule has 0 saturated carbocycles. The first-order valence-corrected chi connectivity index (χ1v) is 18.7. The highest BCUT2D eigenvalue weighted by atomic mass is 16.3. The zero-order chi connectivity index (χ0) is 36.3. The summed E-state index contributed by atoms with van der Waals surface area (Å²) in [6.07, 6.45) is 1.39. The summed E-state index contributed by atoms with van der Waals surface area (Å²) >= 11 is 0. The van der Waals surface area contributed by atoms with E-state index in [1.54, 1.807) is 0 Å². The predicted octanol–water partition coefficient (Wildman–Crippen LogP) is 12.7. The van der Waals surface area contributed by atoms with Crippen molar-refractivity contribution in [3.05, 3.63) is 57.6 Å². The third-order valence-electron chi connectivity index (χ3n) is 13.0. The maximum Gasteiger partial charge on any atom is 0.0956 e. The van der Waals surface area contributed by atoms with Gasteiger partial charge < -0.3 is 10.2 Å². The molecular formula is C46H66O2. The molecule has 4 aromatic rings. The van der Waals surface area contributed by atoms with Crippen molar-refractivity contribution in [3.63, 3.8) is 0 Å². The third-order valence-corrected chi connectivity index (χ3v) is 13.0. The quantitative estimate of drug-likeness (QED) is 0.186. The number of hydrogen-bond donors (Lipinski definition) is 2. The molecule has 0 spiro atoms.